The first-order valence-electron chi connectivity index (χ1n) is 12.6. The zero-order valence-electron chi connectivity index (χ0n) is 20.3. The fourth-order valence-corrected chi connectivity index (χ4v) is 6.67. The van der Waals surface area contributed by atoms with Gasteiger partial charge in [-0.15, -0.1) is 11.3 Å². The van der Waals surface area contributed by atoms with Gasteiger partial charge < -0.3 is 5.32 Å². The highest BCUT2D eigenvalue weighted by molar-refractivity contribution is 7.99. The van der Waals surface area contributed by atoms with E-state index < -0.39 is 0 Å². The second-order valence-electron chi connectivity index (χ2n) is 9.21. The molecule has 4 rings (SSSR count). The van der Waals surface area contributed by atoms with Crippen molar-refractivity contribution in [1.29, 1.82) is 0 Å². The van der Waals surface area contributed by atoms with Crippen LogP contribution in [0.1, 0.15) is 74.3 Å². The van der Waals surface area contributed by atoms with E-state index in [0.29, 0.717) is 11.7 Å². The van der Waals surface area contributed by atoms with E-state index in [1.54, 1.807) is 11.3 Å². The zero-order valence-corrected chi connectivity index (χ0v) is 22.0. The molecule has 0 spiro atoms. The van der Waals surface area contributed by atoms with Crippen molar-refractivity contribution in [3.63, 3.8) is 0 Å². The summed E-state index contributed by atoms with van der Waals surface area (Å²) in [4.78, 5) is 33.3. The van der Waals surface area contributed by atoms with Crippen LogP contribution in [0.2, 0.25) is 0 Å². The van der Waals surface area contributed by atoms with Crippen LogP contribution in [0.3, 0.4) is 0 Å². The number of aryl methyl sites for hydroxylation is 3. The first kappa shape index (κ1) is 25.0. The third kappa shape index (κ3) is 6.11. The number of benzene rings is 1. The lowest BCUT2D eigenvalue weighted by atomic mass is 9.97. The van der Waals surface area contributed by atoms with Crippen LogP contribution in [0.4, 0.5) is 5.69 Å². The Bertz CT molecular complexity index is 1180. The number of nitrogens with zero attached hydrogens (tertiary/aromatic N) is 2. The third-order valence-electron chi connectivity index (χ3n) is 6.44. The van der Waals surface area contributed by atoms with Gasteiger partial charge in [0.05, 0.1) is 11.1 Å². The van der Waals surface area contributed by atoms with E-state index in [2.05, 4.69) is 12.2 Å². The quantitative estimate of drug-likeness (QED) is 0.181. The van der Waals surface area contributed by atoms with Crippen molar-refractivity contribution in [1.82, 2.24) is 9.55 Å². The maximum atomic E-state index is 13.6. The molecular formula is C27H35N3O2S2. The van der Waals surface area contributed by atoms with Crippen LogP contribution in [-0.2, 0) is 24.2 Å². The maximum absolute atomic E-state index is 13.6. The summed E-state index contributed by atoms with van der Waals surface area (Å²) >= 11 is 3.04. The molecule has 0 unspecified atom stereocenters. The second kappa shape index (κ2) is 12.0. The van der Waals surface area contributed by atoms with Crippen molar-refractivity contribution in [2.24, 2.45) is 0 Å². The number of hydrogen-bond acceptors (Lipinski definition) is 5. The predicted octanol–water partition coefficient (Wildman–Crippen LogP) is 6.74. The largest absolute Gasteiger partial charge is 0.325 e. The van der Waals surface area contributed by atoms with E-state index in [1.807, 2.05) is 35.8 Å². The Kier molecular flexibility index (Phi) is 8.84. The van der Waals surface area contributed by atoms with Gasteiger partial charge in [-0.3, -0.25) is 14.2 Å². The van der Waals surface area contributed by atoms with Crippen molar-refractivity contribution in [3.05, 3.63) is 50.6 Å². The molecule has 3 aromatic rings. The second-order valence-corrected chi connectivity index (χ2v) is 11.2. The van der Waals surface area contributed by atoms with Gasteiger partial charge in [0.15, 0.2) is 5.16 Å². The molecule has 2 heterocycles. The Morgan fingerprint density at radius 3 is 2.62 bits per heavy atom. The first-order valence-corrected chi connectivity index (χ1v) is 14.4. The fraction of sp³-hybridized carbons (Fsp3) is 0.519. The van der Waals surface area contributed by atoms with Gasteiger partial charge in [-0.25, -0.2) is 4.98 Å². The van der Waals surface area contributed by atoms with E-state index >= 15 is 0 Å². The van der Waals surface area contributed by atoms with E-state index in [0.717, 1.165) is 53.6 Å². The number of hydrogen-bond donors (Lipinski definition) is 1. The Balaban J connectivity index is 1.52. The van der Waals surface area contributed by atoms with Crippen molar-refractivity contribution in [2.75, 3.05) is 11.1 Å². The number of fused-ring (bicyclic) bond motifs is 3. The van der Waals surface area contributed by atoms with Crippen molar-refractivity contribution >= 4 is 44.9 Å². The lowest BCUT2D eigenvalue weighted by Gasteiger charge is -2.13. The number of unbranched alkanes of at least 4 members (excludes halogenated alkanes) is 5. The Morgan fingerprint density at radius 2 is 1.82 bits per heavy atom. The minimum Gasteiger partial charge on any atom is -0.325 e. The molecule has 7 heteroatoms. The molecule has 0 saturated heterocycles. The van der Waals surface area contributed by atoms with Gasteiger partial charge in [-0.1, -0.05) is 68.5 Å². The van der Waals surface area contributed by atoms with Crippen molar-refractivity contribution in [3.8, 4) is 0 Å². The molecule has 1 N–H and O–H groups in total. The summed E-state index contributed by atoms with van der Waals surface area (Å²) in [5, 5.41) is 4.45. The summed E-state index contributed by atoms with van der Waals surface area (Å²) in [6, 6.07) is 7.78. The van der Waals surface area contributed by atoms with E-state index in [1.165, 1.54) is 54.3 Å². The highest BCUT2D eigenvalue weighted by Gasteiger charge is 2.22. The summed E-state index contributed by atoms with van der Waals surface area (Å²) in [6.07, 6.45) is 11.4. The molecule has 0 aliphatic heterocycles. The Morgan fingerprint density at radius 1 is 1.09 bits per heavy atom. The van der Waals surface area contributed by atoms with Crippen LogP contribution in [0.25, 0.3) is 10.2 Å². The molecule has 0 fully saturated rings. The summed E-state index contributed by atoms with van der Waals surface area (Å²) in [5.41, 5.74) is 3.26. The van der Waals surface area contributed by atoms with Crippen LogP contribution < -0.4 is 10.9 Å². The van der Waals surface area contributed by atoms with Gasteiger partial charge in [-0.05, 0) is 56.7 Å². The number of thioether (sulfide) groups is 1. The lowest BCUT2D eigenvalue weighted by Crippen LogP contribution is -2.25. The third-order valence-corrected chi connectivity index (χ3v) is 8.60. The number of anilines is 1. The van der Waals surface area contributed by atoms with Crippen LogP contribution in [-0.4, -0.2) is 21.2 Å². The highest BCUT2D eigenvalue weighted by Crippen LogP contribution is 2.34. The number of nitrogens with one attached hydrogen (secondary N) is 1. The molecular weight excluding hydrogens is 462 g/mol. The minimum absolute atomic E-state index is 0.0828. The maximum Gasteiger partial charge on any atom is 0.263 e. The van der Waals surface area contributed by atoms with Crippen molar-refractivity contribution < 1.29 is 4.79 Å². The number of rotatable bonds is 11. The van der Waals surface area contributed by atoms with Crippen molar-refractivity contribution in [2.45, 2.75) is 89.8 Å². The Hall–Kier alpha value is -2.12. The molecule has 1 aliphatic carbocycles. The predicted molar refractivity (Wildman–Crippen MR) is 144 cm³/mol. The van der Waals surface area contributed by atoms with Gasteiger partial charge in [0.1, 0.15) is 4.83 Å². The molecule has 0 saturated carbocycles. The molecule has 0 radical (unpaired) electrons. The first-order chi connectivity index (χ1) is 16.6. The fourth-order valence-electron chi connectivity index (χ4n) is 4.54. The summed E-state index contributed by atoms with van der Waals surface area (Å²) in [6.45, 7) is 4.91. The molecule has 1 aromatic carbocycles. The molecule has 2 aromatic heterocycles. The summed E-state index contributed by atoms with van der Waals surface area (Å²) < 4.78 is 1.84. The number of amides is 1. The van der Waals surface area contributed by atoms with Gasteiger partial charge in [0.2, 0.25) is 5.91 Å². The van der Waals surface area contributed by atoms with Gasteiger partial charge in [-0.2, -0.15) is 0 Å². The molecule has 5 nitrogen and oxygen atoms in total. The smallest absolute Gasteiger partial charge is 0.263 e. The molecule has 1 amide bonds. The van der Waals surface area contributed by atoms with E-state index in [4.69, 9.17) is 4.98 Å². The number of carbonyl (C=O) groups is 1. The molecule has 0 bridgehead atoms. The normalized spacial score (nSPS) is 13.2. The Labute approximate surface area is 210 Å². The standard InChI is InChI=1S/C27H35N3O2S2/c1-3-4-5-6-7-10-17-30-26(32)24-21-11-8-9-12-22(21)34-25(24)29-27(30)33-18-23(31)28-20-15-13-19(2)14-16-20/h13-16H,3-12,17-18H2,1-2H3,(H,28,31). The minimum atomic E-state index is -0.0835. The number of thiophene rings is 1. The molecule has 182 valence electrons. The molecule has 34 heavy (non-hydrogen) atoms. The SMILES string of the molecule is CCCCCCCCn1c(SCC(=O)Nc2ccc(C)cc2)nc2sc3c(c2c1=O)CCCC3. The highest BCUT2D eigenvalue weighted by atomic mass is 32.2. The summed E-state index contributed by atoms with van der Waals surface area (Å²) in [7, 11) is 0. The molecule has 1 aliphatic rings. The average molecular weight is 498 g/mol. The van der Waals surface area contributed by atoms with Gasteiger partial charge >= 0.3 is 0 Å². The zero-order chi connectivity index (χ0) is 23.9. The van der Waals surface area contributed by atoms with Gasteiger partial charge in [0.25, 0.3) is 5.56 Å². The monoisotopic (exact) mass is 497 g/mol. The van der Waals surface area contributed by atoms with Crippen LogP contribution in [0.15, 0.2) is 34.2 Å². The van der Waals surface area contributed by atoms with Crippen LogP contribution in [0.5, 0.6) is 0 Å². The van der Waals surface area contributed by atoms with E-state index in [9.17, 15) is 9.59 Å². The topological polar surface area (TPSA) is 64.0 Å². The number of carbonyl (C=O) groups excluding carboxylic acids is 1. The van der Waals surface area contributed by atoms with Crippen LogP contribution >= 0.6 is 23.1 Å². The molecule has 0 atom stereocenters. The van der Waals surface area contributed by atoms with E-state index in [-0.39, 0.29) is 17.2 Å². The lowest BCUT2D eigenvalue weighted by molar-refractivity contribution is -0.113. The average Bonchev–Trinajstić information content (AvgIpc) is 3.21. The number of aromatic nitrogens is 2. The summed E-state index contributed by atoms with van der Waals surface area (Å²) in [5.74, 6) is 0.146. The van der Waals surface area contributed by atoms with Crippen LogP contribution in [0, 0.1) is 6.92 Å². The van der Waals surface area contributed by atoms with Gasteiger partial charge in [0, 0.05) is 17.1 Å².